The van der Waals surface area contributed by atoms with Crippen LogP contribution in [-0.2, 0) is 16.0 Å². The quantitative estimate of drug-likeness (QED) is 0.887. The molecule has 0 aliphatic carbocycles. The van der Waals surface area contributed by atoms with Crippen LogP contribution >= 0.6 is 23.2 Å². The summed E-state index contributed by atoms with van der Waals surface area (Å²) in [6, 6.07) is 3.60. The molecule has 1 unspecified atom stereocenters. The van der Waals surface area contributed by atoms with E-state index < -0.39 is 5.97 Å². The Balaban J connectivity index is 2.08. The number of nitrogens with zero attached hydrogens (tertiary/aromatic N) is 1. The molecule has 0 saturated carbocycles. The fraction of sp³-hybridized carbons (Fsp3) is 0.429. The topological polar surface area (TPSA) is 69.6 Å². The van der Waals surface area contributed by atoms with E-state index in [0.717, 1.165) is 17.5 Å². The smallest absolute Gasteiger partial charge is 0.322 e. The van der Waals surface area contributed by atoms with Gasteiger partial charge >= 0.3 is 5.97 Å². The molecule has 1 aliphatic rings. The van der Waals surface area contributed by atoms with Crippen LogP contribution in [0, 0.1) is 0 Å². The maximum atomic E-state index is 11.7. The zero-order valence-corrected chi connectivity index (χ0v) is 13.0. The van der Waals surface area contributed by atoms with Crippen molar-refractivity contribution in [2.24, 2.45) is 0 Å². The third-order valence-corrected chi connectivity index (χ3v) is 4.18. The molecule has 1 amide bonds. The number of carboxylic acids is 1. The van der Waals surface area contributed by atoms with Gasteiger partial charge in [-0.1, -0.05) is 23.2 Å². The first kappa shape index (κ1) is 16.1. The molecule has 0 spiro atoms. The molecule has 0 fully saturated rings. The van der Waals surface area contributed by atoms with Gasteiger partial charge in [0.05, 0.1) is 6.54 Å². The van der Waals surface area contributed by atoms with E-state index in [-0.39, 0.29) is 25.0 Å². The van der Waals surface area contributed by atoms with Gasteiger partial charge in [0.15, 0.2) is 0 Å². The van der Waals surface area contributed by atoms with Gasteiger partial charge in [-0.15, -0.1) is 0 Å². The lowest BCUT2D eigenvalue weighted by atomic mass is 9.93. The van der Waals surface area contributed by atoms with Crippen molar-refractivity contribution in [3.8, 4) is 0 Å². The van der Waals surface area contributed by atoms with Crippen LogP contribution < -0.4 is 5.32 Å². The van der Waals surface area contributed by atoms with Gasteiger partial charge in [0.2, 0.25) is 5.91 Å². The SMILES string of the molecule is CC1c2cc(Cl)cc(Cl)c2CCN1CC(=O)NCC(=O)O. The molecule has 114 valence electrons. The maximum Gasteiger partial charge on any atom is 0.322 e. The Hall–Kier alpha value is -1.30. The molecule has 0 radical (unpaired) electrons. The number of amides is 1. The Morgan fingerprint density at radius 3 is 2.81 bits per heavy atom. The molecular formula is C14H16Cl2N2O3. The Labute approximate surface area is 132 Å². The number of carboxylic acid groups (broad SMARTS) is 1. The van der Waals surface area contributed by atoms with Gasteiger partial charge in [0.1, 0.15) is 6.54 Å². The van der Waals surface area contributed by atoms with Crippen LogP contribution in [0.1, 0.15) is 24.1 Å². The highest BCUT2D eigenvalue weighted by Crippen LogP contribution is 2.35. The number of hydrogen-bond acceptors (Lipinski definition) is 3. The Morgan fingerprint density at radius 2 is 2.14 bits per heavy atom. The molecule has 1 aliphatic heterocycles. The van der Waals surface area contributed by atoms with Crippen molar-refractivity contribution in [2.75, 3.05) is 19.6 Å². The highest BCUT2D eigenvalue weighted by Gasteiger charge is 2.27. The number of aliphatic carboxylic acids is 1. The Bertz CT molecular complexity index is 578. The standard InChI is InChI=1S/C14H16Cl2N2O3/c1-8-11-4-9(15)5-12(16)10(11)2-3-18(8)7-13(19)17-6-14(20)21/h4-5,8H,2-3,6-7H2,1H3,(H,17,19)(H,20,21). The third-order valence-electron chi connectivity index (χ3n) is 3.63. The average molecular weight is 331 g/mol. The second-order valence-electron chi connectivity index (χ2n) is 5.02. The molecule has 1 heterocycles. The lowest BCUT2D eigenvalue weighted by Crippen LogP contribution is -2.43. The zero-order valence-electron chi connectivity index (χ0n) is 11.5. The second kappa shape index (κ2) is 6.64. The minimum atomic E-state index is -1.06. The van der Waals surface area contributed by atoms with Gasteiger partial charge in [-0.25, -0.2) is 0 Å². The summed E-state index contributed by atoms with van der Waals surface area (Å²) in [5.41, 5.74) is 2.08. The van der Waals surface area contributed by atoms with Crippen molar-refractivity contribution < 1.29 is 14.7 Å². The van der Waals surface area contributed by atoms with E-state index in [9.17, 15) is 9.59 Å². The highest BCUT2D eigenvalue weighted by atomic mass is 35.5. The molecule has 0 bridgehead atoms. The number of rotatable bonds is 4. The first-order valence-corrected chi connectivity index (χ1v) is 7.34. The van der Waals surface area contributed by atoms with Crippen molar-refractivity contribution in [3.05, 3.63) is 33.3 Å². The summed E-state index contributed by atoms with van der Waals surface area (Å²) in [6.07, 6.45) is 0.738. The molecule has 7 heteroatoms. The molecule has 5 nitrogen and oxygen atoms in total. The molecule has 2 N–H and O–H groups in total. The summed E-state index contributed by atoms with van der Waals surface area (Å²) in [7, 11) is 0. The number of halogens is 2. The number of carbonyl (C=O) groups excluding carboxylic acids is 1. The monoisotopic (exact) mass is 330 g/mol. The zero-order chi connectivity index (χ0) is 15.6. The van der Waals surface area contributed by atoms with Crippen LogP contribution in [0.15, 0.2) is 12.1 Å². The summed E-state index contributed by atoms with van der Waals surface area (Å²) in [5.74, 6) is -1.36. The summed E-state index contributed by atoms with van der Waals surface area (Å²) >= 11 is 12.2. The number of hydrogen-bond donors (Lipinski definition) is 2. The minimum absolute atomic E-state index is 0.000489. The van der Waals surface area contributed by atoms with E-state index in [1.165, 1.54) is 0 Å². The van der Waals surface area contributed by atoms with Gasteiger partial charge in [-0.2, -0.15) is 0 Å². The van der Waals surface area contributed by atoms with E-state index in [1.807, 2.05) is 17.9 Å². The van der Waals surface area contributed by atoms with E-state index in [1.54, 1.807) is 6.07 Å². The van der Waals surface area contributed by atoms with E-state index in [2.05, 4.69) is 5.32 Å². The van der Waals surface area contributed by atoms with Crippen molar-refractivity contribution >= 4 is 35.1 Å². The average Bonchev–Trinajstić information content (AvgIpc) is 2.40. The van der Waals surface area contributed by atoms with Gasteiger partial charge in [-0.05, 0) is 36.6 Å². The number of carbonyl (C=O) groups is 2. The van der Waals surface area contributed by atoms with Crippen LogP contribution in [0.25, 0.3) is 0 Å². The van der Waals surface area contributed by atoms with Crippen LogP contribution in [0.4, 0.5) is 0 Å². The van der Waals surface area contributed by atoms with Crippen LogP contribution in [0.2, 0.25) is 10.0 Å². The van der Waals surface area contributed by atoms with E-state index in [4.69, 9.17) is 28.3 Å². The summed E-state index contributed by atoms with van der Waals surface area (Å²) in [6.45, 7) is 2.46. The van der Waals surface area contributed by atoms with Crippen molar-refractivity contribution in [1.29, 1.82) is 0 Å². The van der Waals surface area contributed by atoms with Crippen molar-refractivity contribution in [2.45, 2.75) is 19.4 Å². The summed E-state index contributed by atoms with van der Waals surface area (Å²) in [5, 5.41) is 12.1. The van der Waals surface area contributed by atoms with Gasteiger partial charge in [0, 0.05) is 22.6 Å². The van der Waals surface area contributed by atoms with Crippen LogP contribution in [0.5, 0.6) is 0 Å². The largest absolute Gasteiger partial charge is 0.480 e. The molecule has 2 rings (SSSR count). The lowest BCUT2D eigenvalue weighted by Gasteiger charge is -2.35. The van der Waals surface area contributed by atoms with Crippen molar-refractivity contribution in [1.82, 2.24) is 10.2 Å². The molecule has 1 aromatic rings. The third kappa shape index (κ3) is 3.87. The highest BCUT2D eigenvalue weighted by molar-refractivity contribution is 6.35. The van der Waals surface area contributed by atoms with E-state index >= 15 is 0 Å². The molecule has 0 aromatic heterocycles. The van der Waals surface area contributed by atoms with Crippen molar-refractivity contribution in [3.63, 3.8) is 0 Å². The first-order chi connectivity index (χ1) is 9.88. The summed E-state index contributed by atoms with van der Waals surface area (Å²) in [4.78, 5) is 24.2. The lowest BCUT2D eigenvalue weighted by molar-refractivity contribution is -0.138. The fourth-order valence-corrected chi connectivity index (χ4v) is 3.14. The molecule has 1 aromatic carbocycles. The molecule has 0 saturated heterocycles. The Kier molecular flexibility index (Phi) is 5.08. The molecular weight excluding hydrogens is 315 g/mol. The number of fused-ring (bicyclic) bond motifs is 1. The predicted molar refractivity (Wildman–Crippen MR) is 80.8 cm³/mol. The van der Waals surface area contributed by atoms with Gasteiger partial charge in [0.25, 0.3) is 0 Å². The van der Waals surface area contributed by atoms with Gasteiger partial charge in [-0.3, -0.25) is 14.5 Å². The number of nitrogens with one attached hydrogen (secondary N) is 1. The maximum absolute atomic E-state index is 11.7. The first-order valence-electron chi connectivity index (χ1n) is 6.59. The molecule has 1 atom stereocenters. The van der Waals surface area contributed by atoms with E-state index in [0.29, 0.717) is 16.6 Å². The van der Waals surface area contributed by atoms with Crippen LogP contribution in [0.3, 0.4) is 0 Å². The number of benzene rings is 1. The fourth-order valence-electron chi connectivity index (χ4n) is 2.54. The van der Waals surface area contributed by atoms with Crippen LogP contribution in [-0.4, -0.2) is 41.5 Å². The molecule has 21 heavy (non-hydrogen) atoms. The normalized spacial score (nSPS) is 18.1. The summed E-state index contributed by atoms with van der Waals surface area (Å²) < 4.78 is 0. The van der Waals surface area contributed by atoms with Gasteiger partial charge < -0.3 is 10.4 Å². The Morgan fingerprint density at radius 1 is 1.43 bits per heavy atom. The predicted octanol–water partition coefficient (Wildman–Crippen LogP) is 2.11. The minimum Gasteiger partial charge on any atom is -0.480 e. The second-order valence-corrected chi connectivity index (χ2v) is 5.87.